The van der Waals surface area contributed by atoms with Crippen LogP contribution in [0.4, 0.5) is 17.5 Å². The first-order valence-electron chi connectivity index (χ1n) is 8.10. The summed E-state index contributed by atoms with van der Waals surface area (Å²) in [5.74, 6) is -0.239. The number of nitrogen functional groups attached to an aromatic ring is 1. The summed E-state index contributed by atoms with van der Waals surface area (Å²) >= 11 is 0. The standard InChI is InChI=1S/C16H22N6O3/c17-16-20-14(13(22(24)25)15(23)21-16)19-10-6-2-5-9-18-11-12-7-3-1-4-8-12/h1,3-4,7-8,18H,2,5-6,9-11H2,(H4,17,19,20,21,23). The lowest BCUT2D eigenvalue weighted by atomic mass is 10.2. The van der Waals surface area contributed by atoms with Crippen LogP contribution in [0.3, 0.4) is 0 Å². The molecule has 0 saturated carbocycles. The highest BCUT2D eigenvalue weighted by molar-refractivity contribution is 5.56. The van der Waals surface area contributed by atoms with Crippen LogP contribution in [0.2, 0.25) is 0 Å². The maximum Gasteiger partial charge on any atom is 0.375 e. The van der Waals surface area contributed by atoms with E-state index < -0.39 is 16.2 Å². The van der Waals surface area contributed by atoms with Gasteiger partial charge in [-0.1, -0.05) is 36.8 Å². The Morgan fingerprint density at radius 2 is 1.88 bits per heavy atom. The van der Waals surface area contributed by atoms with Crippen molar-refractivity contribution in [3.8, 4) is 0 Å². The van der Waals surface area contributed by atoms with Gasteiger partial charge in [-0.15, -0.1) is 0 Å². The van der Waals surface area contributed by atoms with Gasteiger partial charge < -0.3 is 16.4 Å². The Hall–Kier alpha value is -2.94. The molecule has 134 valence electrons. The predicted octanol–water partition coefficient (Wildman–Crippen LogP) is 1.63. The van der Waals surface area contributed by atoms with Crippen molar-refractivity contribution in [2.45, 2.75) is 25.8 Å². The quantitative estimate of drug-likeness (QED) is 0.291. The van der Waals surface area contributed by atoms with Gasteiger partial charge in [0.25, 0.3) is 0 Å². The van der Waals surface area contributed by atoms with E-state index in [9.17, 15) is 14.9 Å². The summed E-state index contributed by atoms with van der Waals surface area (Å²) in [6, 6.07) is 10.2. The van der Waals surface area contributed by atoms with Crippen LogP contribution in [-0.4, -0.2) is 28.0 Å². The summed E-state index contributed by atoms with van der Waals surface area (Å²) in [6.45, 7) is 2.21. The zero-order chi connectivity index (χ0) is 18.1. The number of benzene rings is 1. The molecule has 1 aromatic heterocycles. The second-order valence-corrected chi connectivity index (χ2v) is 5.56. The highest BCUT2D eigenvalue weighted by Gasteiger charge is 2.21. The second kappa shape index (κ2) is 9.38. The third kappa shape index (κ3) is 5.88. The van der Waals surface area contributed by atoms with Gasteiger partial charge in [-0.25, -0.2) is 0 Å². The van der Waals surface area contributed by atoms with Crippen molar-refractivity contribution >= 4 is 17.5 Å². The molecule has 2 rings (SSSR count). The molecule has 0 saturated heterocycles. The molecule has 5 N–H and O–H groups in total. The normalized spacial score (nSPS) is 10.6. The molecule has 2 aromatic rings. The number of H-pyrrole nitrogens is 1. The van der Waals surface area contributed by atoms with Crippen LogP contribution in [-0.2, 0) is 6.54 Å². The van der Waals surface area contributed by atoms with Crippen molar-refractivity contribution in [1.82, 2.24) is 15.3 Å². The zero-order valence-corrected chi connectivity index (χ0v) is 13.8. The number of unbranched alkanes of at least 4 members (excludes halogenated alkanes) is 2. The maximum atomic E-state index is 11.6. The van der Waals surface area contributed by atoms with Crippen molar-refractivity contribution in [1.29, 1.82) is 0 Å². The second-order valence-electron chi connectivity index (χ2n) is 5.56. The van der Waals surface area contributed by atoms with E-state index in [1.807, 2.05) is 18.2 Å². The lowest BCUT2D eigenvalue weighted by molar-refractivity contribution is -0.385. The lowest BCUT2D eigenvalue weighted by Gasteiger charge is -2.07. The minimum Gasteiger partial charge on any atom is -0.369 e. The molecule has 9 nitrogen and oxygen atoms in total. The summed E-state index contributed by atoms with van der Waals surface area (Å²) in [5.41, 5.74) is 5.20. The van der Waals surface area contributed by atoms with Gasteiger partial charge in [-0.2, -0.15) is 4.98 Å². The minimum absolute atomic E-state index is 0.0894. The third-order valence-electron chi connectivity index (χ3n) is 3.59. The molecular formula is C16H22N6O3. The molecule has 0 spiro atoms. The minimum atomic E-state index is -0.856. The van der Waals surface area contributed by atoms with Crippen LogP contribution >= 0.6 is 0 Å². The van der Waals surface area contributed by atoms with Crippen molar-refractivity contribution in [3.63, 3.8) is 0 Å². The highest BCUT2D eigenvalue weighted by atomic mass is 16.6. The Balaban J connectivity index is 1.66. The zero-order valence-electron chi connectivity index (χ0n) is 13.8. The van der Waals surface area contributed by atoms with E-state index >= 15 is 0 Å². The molecule has 0 aliphatic rings. The van der Waals surface area contributed by atoms with Gasteiger partial charge in [0.05, 0.1) is 4.92 Å². The van der Waals surface area contributed by atoms with Gasteiger partial charge in [0.1, 0.15) is 0 Å². The smallest absolute Gasteiger partial charge is 0.369 e. The van der Waals surface area contributed by atoms with Crippen molar-refractivity contribution in [3.05, 3.63) is 56.4 Å². The summed E-state index contributed by atoms with van der Waals surface area (Å²) in [4.78, 5) is 27.6. The van der Waals surface area contributed by atoms with E-state index in [1.54, 1.807) is 0 Å². The number of aromatic nitrogens is 2. The fourth-order valence-corrected chi connectivity index (χ4v) is 2.36. The molecule has 1 aromatic carbocycles. The molecule has 0 aliphatic carbocycles. The molecule has 0 aliphatic heterocycles. The number of aromatic amines is 1. The summed E-state index contributed by atoms with van der Waals surface area (Å²) in [6.07, 6.45) is 2.74. The Morgan fingerprint density at radius 3 is 2.60 bits per heavy atom. The Bertz CT molecular complexity index is 747. The molecule has 25 heavy (non-hydrogen) atoms. The number of hydrogen-bond donors (Lipinski definition) is 4. The molecule has 0 atom stereocenters. The maximum absolute atomic E-state index is 11.6. The van der Waals surface area contributed by atoms with Crippen LogP contribution in [0.15, 0.2) is 35.1 Å². The fourth-order valence-electron chi connectivity index (χ4n) is 2.36. The third-order valence-corrected chi connectivity index (χ3v) is 3.59. The average Bonchev–Trinajstić information content (AvgIpc) is 2.57. The molecular weight excluding hydrogens is 324 g/mol. The highest BCUT2D eigenvalue weighted by Crippen LogP contribution is 2.16. The number of hydrogen-bond acceptors (Lipinski definition) is 7. The van der Waals surface area contributed by atoms with E-state index in [2.05, 4.69) is 32.7 Å². The fraction of sp³-hybridized carbons (Fsp3) is 0.375. The molecule has 1 heterocycles. The Morgan fingerprint density at radius 1 is 1.16 bits per heavy atom. The predicted molar refractivity (Wildman–Crippen MR) is 96.4 cm³/mol. The van der Waals surface area contributed by atoms with E-state index in [1.165, 1.54) is 5.56 Å². The van der Waals surface area contributed by atoms with E-state index in [-0.39, 0.29) is 11.8 Å². The summed E-state index contributed by atoms with van der Waals surface area (Å²) in [5, 5.41) is 17.1. The molecule has 0 radical (unpaired) electrons. The number of anilines is 2. The van der Waals surface area contributed by atoms with Crippen LogP contribution in [0, 0.1) is 10.1 Å². The number of nitrogens with one attached hydrogen (secondary N) is 3. The monoisotopic (exact) mass is 346 g/mol. The van der Waals surface area contributed by atoms with Gasteiger partial charge in [0.2, 0.25) is 11.8 Å². The first-order chi connectivity index (χ1) is 12.1. The van der Waals surface area contributed by atoms with E-state index in [4.69, 9.17) is 5.73 Å². The molecule has 0 fully saturated rings. The number of nitro groups is 1. The molecule has 9 heteroatoms. The van der Waals surface area contributed by atoms with Gasteiger partial charge in [-0.05, 0) is 24.9 Å². The largest absolute Gasteiger partial charge is 0.375 e. The first-order valence-corrected chi connectivity index (χ1v) is 8.10. The molecule has 0 unspecified atom stereocenters. The van der Waals surface area contributed by atoms with E-state index in [0.717, 1.165) is 32.4 Å². The van der Waals surface area contributed by atoms with Crippen LogP contribution < -0.4 is 21.9 Å². The lowest BCUT2D eigenvalue weighted by Crippen LogP contribution is -2.19. The van der Waals surface area contributed by atoms with Gasteiger partial charge in [-0.3, -0.25) is 19.9 Å². The Kier molecular flexibility index (Phi) is 6.90. The van der Waals surface area contributed by atoms with Crippen LogP contribution in [0.25, 0.3) is 0 Å². The summed E-state index contributed by atoms with van der Waals surface area (Å²) < 4.78 is 0. The summed E-state index contributed by atoms with van der Waals surface area (Å²) in [7, 11) is 0. The number of rotatable bonds is 10. The van der Waals surface area contributed by atoms with Crippen molar-refractivity contribution in [2.75, 3.05) is 24.1 Å². The first kappa shape index (κ1) is 18.4. The van der Waals surface area contributed by atoms with Gasteiger partial charge in [0, 0.05) is 13.1 Å². The van der Waals surface area contributed by atoms with Crippen molar-refractivity contribution in [2.24, 2.45) is 0 Å². The molecule has 0 amide bonds. The van der Waals surface area contributed by atoms with Crippen LogP contribution in [0.5, 0.6) is 0 Å². The SMILES string of the molecule is Nc1nc(NCCCCCNCc2ccccc2)c([N+](=O)[O-])c(=O)[nH]1. The van der Waals surface area contributed by atoms with Crippen molar-refractivity contribution < 1.29 is 4.92 Å². The average molecular weight is 346 g/mol. The number of nitrogens with two attached hydrogens (primary N) is 1. The molecule has 0 bridgehead atoms. The van der Waals surface area contributed by atoms with Crippen LogP contribution in [0.1, 0.15) is 24.8 Å². The van der Waals surface area contributed by atoms with Gasteiger partial charge in [0.15, 0.2) is 0 Å². The number of nitrogens with zero attached hydrogens (tertiary/aromatic N) is 2. The van der Waals surface area contributed by atoms with E-state index in [0.29, 0.717) is 6.54 Å². The Labute approximate surface area is 144 Å². The van der Waals surface area contributed by atoms with Gasteiger partial charge >= 0.3 is 11.2 Å². The topological polar surface area (TPSA) is 139 Å².